The van der Waals surface area contributed by atoms with Gasteiger partial charge in [-0.3, -0.25) is 9.69 Å². The van der Waals surface area contributed by atoms with E-state index in [2.05, 4.69) is 39.5 Å². The molecule has 0 aliphatic rings. The Kier molecular flexibility index (Phi) is 5.17. The maximum Gasteiger partial charge on any atom is 0.179 e. The molecule has 19 heavy (non-hydrogen) atoms. The number of carbonyl (C=O) groups excluding carboxylic acids is 1. The molecule has 0 aliphatic carbocycles. The summed E-state index contributed by atoms with van der Waals surface area (Å²) >= 11 is 5.96. The topological polar surface area (TPSA) is 20.3 Å². The largest absolute Gasteiger partial charge is 0.292 e. The molecule has 0 N–H and O–H groups in total. The van der Waals surface area contributed by atoms with E-state index < -0.39 is 0 Å². The second-order valence-corrected chi connectivity index (χ2v) is 6.66. The zero-order valence-electron chi connectivity index (χ0n) is 12.7. The van der Waals surface area contributed by atoms with Crippen molar-refractivity contribution in [1.29, 1.82) is 0 Å². The number of halogens is 1. The van der Waals surface area contributed by atoms with Gasteiger partial charge in [-0.15, -0.1) is 0 Å². The van der Waals surface area contributed by atoms with Gasteiger partial charge in [-0.25, -0.2) is 0 Å². The van der Waals surface area contributed by atoms with Crippen LogP contribution in [-0.2, 0) is 0 Å². The summed E-state index contributed by atoms with van der Waals surface area (Å²) in [6.45, 7) is 12.6. The number of Topliss-reactive ketones (excluding diaryl/α,β-unsaturated/α-hetero) is 1. The number of carbonyl (C=O) groups is 1. The highest BCUT2D eigenvalue weighted by atomic mass is 35.5. The lowest BCUT2D eigenvalue weighted by Gasteiger charge is -2.42. The number of benzene rings is 1. The van der Waals surface area contributed by atoms with Crippen molar-refractivity contribution in [2.45, 2.75) is 59.2 Å². The van der Waals surface area contributed by atoms with E-state index in [0.717, 1.165) is 0 Å². The average Bonchev–Trinajstić information content (AvgIpc) is 2.25. The second-order valence-electron chi connectivity index (χ2n) is 6.22. The van der Waals surface area contributed by atoms with Crippen LogP contribution in [0.1, 0.15) is 51.9 Å². The third-order valence-electron chi connectivity index (χ3n) is 3.24. The van der Waals surface area contributed by atoms with Gasteiger partial charge in [0.2, 0.25) is 0 Å². The van der Waals surface area contributed by atoms with Gasteiger partial charge in [0, 0.05) is 22.2 Å². The first kappa shape index (κ1) is 16.2. The monoisotopic (exact) mass is 281 g/mol. The minimum atomic E-state index is -0.168. The van der Waals surface area contributed by atoms with Gasteiger partial charge in [-0.05, 0) is 53.7 Å². The van der Waals surface area contributed by atoms with Crippen molar-refractivity contribution < 1.29 is 4.79 Å². The van der Waals surface area contributed by atoms with Gasteiger partial charge in [0.05, 0.1) is 6.04 Å². The predicted molar refractivity (Wildman–Crippen MR) is 82.0 cm³/mol. The molecule has 0 heterocycles. The molecular weight excluding hydrogens is 258 g/mol. The molecule has 1 rings (SSSR count). The molecule has 106 valence electrons. The highest BCUT2D eigenvalue weighted by Gasteiger charge is 2.32. The number of hydrogen-bond donors (Lipinski definition) is 0. The Bertz CT molecular complexity index is 448. The molecule has 1 aromatic rings. The molecule has 1 atom stereocenters. The first-order chi connectivity index (χ1) is 8.64. The molecule has 0 spiro atoms. The molecule has 0 amide bonds. The summed E-state index contributed by atoms with van der Waals surface area (Å²) in [5.41, 5.74) is 0.622. The van der Waals surface area contributed by atoms with Crippen molar-refractivity contribution in [3.05, 3.63) is 34.9 Å². The van der Waals surface area contributed by atoms with E-state index in [-0.39, 0.29) is 17.4 Å². The minimum absolute atomic E-state index is 0.0538. The Morgan fingerprint density at radius 3 is 2.21 bits per heavy atom. The number of ketones is 1. The van der Waals surface area contributed by atoms with E-state index in [9.17, 15) is 4.79 Å². The lowest BCUT2D eigenvalue weighted by atomic mass is 9.96. The van der Waals surface area contributed by atoms with Crippen molar-refractivity contribution in [3.8, 4) is 0 Å². The van der Waals surface area contributed by atoms with Crippen molar-refractivity contribution in [2.24, 2.45) is 0 Å². The van der Waals surface area contributed by atoms with Crippen LogP contribution >= 0.6 is 11.6 Å². The van der Waals surface area contributed by atoms with Gasteiger partial charge in [0.15, 0.2) is 5.78 Å². The molecule has 0 saturated heterocycles. The van der Waals surface area contributed by atoms with Crippen LogP contribution in [-0.4, -0.2) is 28.3 Å². The highest BCUT2D eigenvalue weighted by molar-refractivity contribution is 6.31. The second kappa shape index (κ2) is 6.06. The summed E-state index contributed by atoms with van der Waals surface area (Å²) in [7, 11) is 0. The van der Waals surface area contributed by atoms with Crippen LogP contribution in [0.15, 0.2) is 24.3 Å². The van der Waals surface area contributed by atoms with Crippen molar-refractivity contribution in [1.82, 2.24) is 4.90 Å². The van der Waals surface area contributed by atoms with E-state index in [0.29, 0.717) is 16.6 Å². The number of nitrogens with zero attached hydrogens (tertiary/aromatic N) is 1. The molecule has 0 radical (unpaired) electrons. The van der Waals surface area contributed by atoms with Crippen LogP contribution < -0.4 is 0 Å². The van der Waals surface area contributed by atoms with E-state index in [1.165, 1.54) is 0 Å². The Hall–Kier alpha value is -0.860. The third-order valence-corrected chi connectivity index (χ3v) is 3.47. The van der Waals surface area contributed by atoms with Crippen molar-refractivity contribution in [3.63, 3.8) is 0 Å². The third kappa shape index (κ3) is 4.05. The van der Waals surface area contributed by atoms with Crippen LogP contribution in [0, 0.1) is 0 Å². The maximum absolute atomic E-state index is 12.6. The molecular formula is C16H24ClNO. The first-order valence-corrected chi connectivity index (χ1v) is 7.10. The summed E-state index contributed by atoms with van der Waals surface area (Å²) < 4.78 is 0. The molecule has 0 bridgehead atoms. The van der Waals surface area contributed by atoms with Crippen molar-refractivity contribution in [2.75, 3.05) is 0 Å². The predicted octanol–water partition coefficient (Wildman–Crippen LogP) is 4.42. The summed E-state index contributed by atoms with van der Waals surface area (Å²) in [6, 6.07) is 7.30. The standard InChI is InChI=1S/C16H24ClNO/c1-11(2)18(16(4,5)6)12(3)15(19)13-8-7-9-14(17)10-13/h7-12H,1-6H3. The average molecular weight is 282 g/mol. The Morgan fingerprint density at radius 2 is 1.79 bits per heavy atom. The molecule has 1 unspecified atom stereocenters. The fourth-order valence-corrected chi connectivity index (χ4v) is 3.00. The lowest BCUT2D eigenvalue weighted by Crippen LogP contribution is -2.53. The molecule has 2 nitrogen and oxygen atoms in total. The fraction of sp³-hybridized carbons (Fsp3) is 0.562. The van der Waals surface area contributed by atoms with Gasteiger partial charge in [-0.2, -0.15) is 0 Å². The van der Waals surface area contributed by atoms with Crippen LogP contribution in [0.5, 0.6) is 0 Å². The first-order valence-electron chi connectivity index (χ1n) is 6.73. The summed E-state index contributed by atoms with van der Waals surface area (Å²) in [5.74, 6) is 0.117. The summed E-state index contributed by atoms with van der Waals surface area (Å²) in [5, 5.41) is 0.602. The van der Waals surface area contributed by atoms with Gasteiger partial charge >= 0.3 is 0 Å². The molecule has 3 heteroatoms. The molecule has 1 aromatic carbocycles. The van der Waals surface area contributed by atoms with Gasteiger partial charge in [0.25, 0.3) is 0 Å². The zero-order valence-corrected chi connectivity index (χ0v) is 13.5. The van der Waals surface area contributed by atoms with Crippen molar-refractivity contribution >= 4 is 17.4 Å². The highest BCUT2D eigenvalue weighted by Crippen LogP contribution is 2.23. The van der Waals surface area contributed by atoms with E-state index in [4.69, 9.17) is 11.6 Å². The fourth-order valence-electron chi connectivity index (χ4n) is 2.81. The summed E-state index contributed by atoms with van der Waals surface area (Å²) in [4.78, 5) is 14.8. The van der Waals surface area contributed by atoms with Gasteiger partial charge in [-0.1, -0.05) is 23.7 Å². The lowest BCUT2D eigenvalue weighted by molar-refractivity contribution is 0.0450. The maximum atomic E-state index is 12.6. The zero-order chi connectivity index (χ0) is 14.8. The van der Waals surface area contributed by atoms with E-state index in [1.807, 2.05) is 19.1 Å². The Morgan fingerprint density at radius 1 is 1.21 bits per heavy atom. The summed E-state index contributed by atoms with van der Waals surface area (Å²) in [6.07, 6.45) is 0. The van der Waals surface area contributed by atoms with Crippen LogP contribution in [0.2, 0.25) is 5.02 Å². The van der Waals surface area contributed by atoms with Crippen LogP contribution in [0.4, 0.5) is 0 Å². The molecule has 0 aliphatic heterocycles. The van der Waals surface area contributed by atoms with Crippen LogP contribution in [0.25, 0.3) is 0 Å². The molecule has 0 fully saturated rings. The number of hydrogen-bond acceptors (Lipinski definition) is 2. The normalized spacial score (nSPS) is 13.9. The van der Waals surface area contributed by atoms with Crippen LogP contribution in [0.3, 0.4) is 0 Å². The van der Waals surface area contributed by atoms with E-state index in [1.54, 1.807) is 12.1 Å². The van der Waals surface area contributed by atoms with E-state index >= 15 is 0 Å². The SMILES string of the molecule is CC(C)N(C(C)C(=O)c1cccc(Cl)c1)C(C)(C)C. The quantitative estimate of drug-likeness (QED) is 0.762. The minimum Gasteiger partial charge on any atom is -0.292 e. The smallest absolute Gasteiger partial charge is 0.179 e. The molecule has 0 aromatic heterocycles. The molecule has 0 saturated carbocycles. The Balaban J connectivity index is 3.04. The van der Waals surface area contributed by atoms with Gasteiger partial charge in [0.1, 0.15) is 0 Å². The number of rotatable bonds is 4. The van der Waals surface area contributed by atoms with Gasteiger partial charge < -0.3 is 0 Å². The Labute approximate surface area is 121 Å².